The molecule has 0 aliphatic rings. The zero-order valence-corrected chi connectivity index (χ0v) is 8.33. The first-order valence-corrected chi connectivity index (χ1v) is 4.38. The Morgan fingerprint density at radius 1 is 1.00 bits per heavy atom. The van der Waals surface area contributed by atoms with Gasteiger partial charge in [0, 0.05) is 0 Å². The summed E-state index contributed by atoms with van der Waals surface area (Å²) in [5, 5.41) is 9.49. The molecular weight excluding hydrogens is 148 g/mol. The molecular formula is C11H18O. The predicted molar refractivity (Wildman–Crippen MR) is 53.0 cm³/mol. The van der Waals surface area contributed by atoms with Gasteiger partial charge in [-0.1, -0.05) is 44.2 Å². The Kier molecular flexibility index (Phi) is 4.60. The fourth-order valence-electron chi connectivity index (χ4n) is 0.846. The number of aliphatic hydroxyl groups is 1. The van der Waals surface area contributed by atoms with E-state index in [0.29, 0.717) is 0 Å². The molecule has 0 aliphatic heterocycles. The van der Waals surface area contributed by atoms with Crippen molar-refractivity contribution in [3.63, 3.8) is 0 Å². The maximum absolute atomic E-state index is 9.49. The number of hydrogen-bond donors (Lipinski definition) is 1. The van der Waals surface area contributed by atoms with Crippen molar-refractivity contribution >= 4 is 0 Å². The quantitative estimate of drug-likeness (QED) is 0.680. The van der Waals surface area contributed by atoms with E-state index in [4.69, 9.17) is 0 Å². The lowest BCUT2D eigenvalue weighted by Crippen LogP contribution is -2.14. The Labute approximate surface area is 75.1 Å². The number of benzene rings is 1. The monoisotopic (exact) mass is 166 g/mol. The number of rotatable bonds is 1. The molecule has 1 rings (SSSR count). The van der Waals surface area contributed by atoms with E-state index in [-0.39, 0.29) is 0 Å². The Bertz CT molecular complexity index is 196. The fraction of sp³-hybridized carbons (Fsp3) is 0.455. The van der Waals surface area contributed by atoms with Crippen LogP contribution < -0.4 is 0 Å². The van der Waals surface area contributed by atoms with Crippen LogP contribution in [-0.2, 0) is 5.60 Å². The van der Waals surface area contributed by atoms with E-state index >= 15 is 0 Å². The predicted octanol–water partition coefficient (Wildman–Crippen LogP) is 2.94. The third kappa shape index (κ3) is 3.54. The van der Waals surface area contributed by atoms with Crippen molar-refractivity contribution in [3.8, 4) is 0 Å². The van der Waals surface area contributed by atoms with Gasteiger partial charge in [0.2, 0.25) is 0 Å². The largest absolute Gasteiger partial charge is 0.386 e. The molecule has 1 aromatic carbocycles. The molecule has 0 amide bonds. The average Bonchev–Trinajstić information content (AvgIpc) is 2.08. The van der Waals surface area contributed by atoms with Gasteiger partial charge in [-0.25, -0.2) is 0 Å². The second-order valence-electron chi connectivity index (χ2n) is 2.93. The van der Waals surface area contributed by atoms with Gasteiger partial charge in [0.1, 0.15) is 0 Å². The molecule has 1 N–H and O–H groups in total. The summed E-state index contributed by atoms with van der Waals surface area (Å²) in [5.41, 5.74) is 0.247. The molecule has 0 radical (unpaired) electrons. The second-order valence-corrected chi connectivity index (χ2v) is 2.93. The lowest BCUT2D eigenvalue weighted by molar-refractivity contribution is 0.0786. The summed E-state index contributed by atoms with van der Waals surface area (Å²) in [7, 11) is 0. The topological polar surface area (TPSA) is 20.2 Å². The number of hydrogen-bond acceptors (Lipinski definition) is 1. The van der Waals surface area contributed by atoms with Crippen molar-refractivity contribution < 1.29 is 5.11 Å². The molecule has 0 bridgehead atoms. The van der Waals surface area contributed by atoms with Crippen molar-refractivity contribution in [2.24, 2.45) is 0 Å². The van der Waals surface area contributed by atoms with Crippen molar-refractivity contribution in [2.45, 2.75) is 33.3 Å². The highest BCUT2D eigenvalue weighted by atomic mass is 16.3. The molecule has 68 valence electrons. The Balaban J connectivity index is 0.000000561. The van der Waals surface area contributed by atoms with Crippen LogP contribution in [0.4, 0.5) is 0 Å². The van der Waals surface area contributed by atoms with Gasteiger partial charge in [0.25, 0.3) is 0 Å². The lowest BCUT2D eigenvalue weighted by atomic mass is 9.99. The normalized spacial score (nSPS) is 10.1. The van der Waals surface area contributed by atoms with E-state index in [9.17, 15) is 5.11 Å². The van der Waals surface area contributed by atoms with Crippen LogP contribution in [0.15, 0.2) is 30.3 Å². The van der Waals surface area contributed by atoms with Crippen LogP contribution in [0.5, 0.6) is 0 Å². The second kappa shape index (κ2) is 4.94. The molecule has 12 heavy (non-hydrogen) atoms. The molecule has 0 saturated carbocycles. The summed E-state index contributed by atoms with van der Waals surface area (Å²) in [5.74, 6) is 0. The lowest BCUT2D eigenvalue weighted by Gasteiger charge is -2.16. The minimum absolute atomic E-state index is 0.707. The average molecular weight is 166 g/mol. The third-order valence-corrected chi connectivity index (χ3v) is 1.48. The van der Waals surface area contributed by atoms with E-state index in [1.165, 1.54) is 0 Å². The molecule has 0 aliphatic carbocycles. The Hall–Kier alpha value is -0.820. The van der Waals surface area contributed by atoms with Crippen LogP contribution in [0.25, 0.3) is 0 Å². The van der Waals surface area contributed by atoms with E-state index in [1.807, 2.05) is 44.2 Å². The minimum Gasteiger partial charge on any atom is -0.386 e. The van der Waals surface area contributed by atoms with Gasteiger partial charge in [0.05, 0.1) is 5.60 Å². The Morgan fingerprint density at radius 3 is 1.67 bits per heavy atom. The highest BCUT2D eigenvalue weighted by Gasteiger charge is 2.13. The van der Waals surface area contributed by atoms with Gasteiger partial charge in [-0.2, -0.15) is 0 Å². The van der Waals surface area contributed by atoms with Crippen LogP contribution in [0.2, 0.25) is 0 Å². The third-order valence-electron chi connectivity index (χ3n) is 1.48. The first kappa shape index (κ1) is 11.2. The summed E-state index contributed by atoms with van der Waals surface area (Å²) in [6.45, 7) is 7.56. The van der Waals surface area contributed by atoms with Crippen molar-refractivity contribution in [1.29, 1.82) is 0 Å². The maximum atomic E-state index is 9.49. The maximum Gasteiger partial charge on any atom is 0.0840 e. The molecule has 0 spiro atoms. The van der Waals surface area contributed by atoms with Gasteiger partial charge in [0.15, 0.2) is 0 Å². The summed E-state index contributed by atoms with van der Waals surface area (Å²) < 4.78 is 0. The highest BCUT2D eigenvalue weighted by molar-refractivity contribution is 5.20. The van der Waals surface area contributed by atoms with Crippen molar-refractivity contribution in [2.75, 3.05) is 0 Å². The van der Waals surface area contributed by atoms with Crippen LogP contribution in [-0.4, -0.2) is 5.11 Å². The molecule has 0 aromatic heterocycles. The molecule has 0 fully saturated rings. The smallest absolute Gasteiger partial charge is 0.0840 e. The van der Waals surface area contributed by atoms with Crippen LogP contribution in [0.1, 0.15) is 33.3 Å². The summed E-state index contributed by atoms with van der Waals surface area (Å²) in [6.07, 6.45) is 0. The van der Waals surface area contributed by atoms with Crippen molar-refractivity contribution in [1.82, 2.24) is 0 Å². The minimum atomic E-state index is -0.707. The first-order chi connectivity index (χ1) is 5.61. The molecule has 1 aromatic rings. The molecule has 0 atom stereocenters. The van der Waals surface area contributed by atoms with Crippen LogP contribution in [0.3, 0.4) is 0 Å². The van der Waals surface area contributed by atoms with Gasteiger partial charge >= 0.3 is 0 Å². The van der Waals surface area contributed by atoms with Gasteiger partial charge in [-0.3, -0.25) is 0 Å². The zero-order chi connectivity index (χ0) is 9.61. The van der Waals surface area contributed by atoms with Gasteiger partial charge in [-0.15, -0.1) is 0 Å². The SMILES string of the molecule is CC.CC(C)(O)c1ccccc1. The summed E-state index contributed by atoms with van der Waals surface area (Å²) in [4.78, 5) is 0. The van der Waals surface area contributed by atoms with Crippen LogP contribution >= 0.6 is 0 Å². The molecule has 0 unspecified atom stereocenters. The molecule has 0 heterocycles. The summed E-state index contributed by atoms with van der Waals surface area (Å²) in [6, 6.07) is 9.62. The van der Waals surface area contributed by atoms with E-state index < -0.39 is 5.60 Å². The molecule has 1 heteroatoms. The highest BCUT2D eigenvalue weighted by Crippen LogP contribution is 2.17. The molecule has 0 saturated heterocycles. The van der Waals surface area contributed by atoms with Gasteiger partial charge in [-0.05, 0) is 19.4 Å². The zero-order valence-electron chi connectivity index (χ0n) is 8.33. The van der Waals surface area contributed by atoms with E-state index in [2.05, 4.69) is 0 Å². The van der Waals surface area contributed by atoms with E-state index in [1.54, 1.807) is 13.8 Å². The Morgan fingerprint density at radius 2 is 1.42 bits per heavy atom. The van der Waals surface area contributed by atoms with Gasteiger partial charge < -0.3 is 5.11 Å². The van der Waals surface area contributed by atoms with Crippen LogP contribution in [0, 0.1) is 0 Å². The first-order valence-electron chi connectivity index (χ1n) is 4.38. The molecule has 1 nitrogen and oxygen atoms in total. The summed E-state index contributed by atoms with van der Waals surface area (Å²) >= 11 is 0. The fourth-order valence-corrected chi connectivity index (χ4v) is 0.846. The van der Waals surface area contributed by atoms with Crippen molar-refractivity contribution in [3.05, 3.63) is 35.9 Å². The van der Waals surface area contributed by atoms with E-state index in [0.717, 1.165) is 5.56 Å². The standard InChI is InChI=1S/C9H12O.C2H6/c1-9(2,10)8-6-4-3-5-7-8;1-2/h3-7,10H,1-2H3;1-2H3.